The van der Waals surface area contributed by atoms with Gasteiger partial charge in [0.15, 0.2) is 5.96 Å². The summed E-state index contributed by atoms with van der Waals surface area (Å²) in [6.45, 7) is 4.16. The molecule has 0 spiro atoms. The standard InChI is InChI=1S/C18H24N4OS/c1-14(16-9-6-12-24-16)13-22-18(19-2)21-11-10-20-17(23)15-7-4-3-5-8-15/h3-9,12,14H,10-11,13H2,1-2H3,(H,20,23)(H2,19,21,22). The van der Waals surface area contributed by atoms with Gasteiger partial charge in [-0.1, -0.05) is 31.2 Å². The molecule has 3 N–H and O–H groups in total. The Morgan fingerprint density at radius 3 is 2.50 bits per heavy atom. The van der Waals surface area contributed by atoms with Crippen LogP contribution in [0, 0.1) is 0 Å². The summed E-state index contributed by atoms with van der Waals surface area (Å²) in [6, 6.07) is 13.4. The maximum atomic E-state index is 11.9. The number of carbonyl (C=O) groups excluding carboxylic acids is 1. The van der Waals surface area contributed by atoms with Crippen molar-refractivity contribution in [2.75, 3.05) is 26.7 Å². The van der Waals surface area contributed by atoms with Crippen LogP contribution in [0.3, 0.4) is 0 Å². The van der Waals surface area contributed by atoms with Gasteiger partial charge in [-0.2, -0.15) is 0 Å². The molecule has 0 aliphatic carbocycles. The molecule has 0 radical (unpaired) electrons. The monoisotopic (exact) mass is 344 g/mol. The van der Waals surface area contributed by atoms with E-state index in [9.17, 15) is 4.79 Å². The Kier molecular flexibility index (Phi) is 7.29. The maximum Gasteiger partial charge on any atom is 0.251 e. The molecule has 0 fully saturated rings. The highest BCUT2D eigenvalue weighted by molar-refractivity contribution is 7.10. The van der Waals surface area contributed by atoms with Crippen LogP contribution in [0.4, 0.5) is 0 Å². The first-order valence-corrected chi connectivity index (χ1v) is 8.90. The first-order valence-electron chi connectivity index (χ1n) is 8.02. The number of thiophene rings is 1. The van der Waals surface area contributed by atoms with E-state index >= 15 is 0 Å². The van der Waals surface area contributed by atoms with E-state index in [2.05, 4.69) is 45.4 Å². The molecular formula is C18H24N4OS. The number of rotatable bonds is 7. The molecule has 1 heterocycles. The Morgan fingerprint density at radius 1 is 1.08 bits per heavy atom. The van der Waals surface area contributed by atoms with Crippen LogP contribution in [0.1, 0.15) is 28.1 Å². The van der Waals surface area contributed by atoms with Gasteiger partial charge in [0.05, 0.1) is 0 Å². The highest BCUT2D eigenvalue weighted by Crippen LogP contribution is 2.19. The van der Waals surface area contributed by atoms with Crippen LogP contribution < -0.4 is 16.0 Å². The number of hydrogen-bond donors (Lipinski definition) is 3. The number of hydrogen-bond acceptors (Lipinski definition) is 3. The van der Waals surface area contributed by atoms with Gasteiger partial charge in [-0.05, 0) is 23.6 Å². The minimum atomic E-state index is -0.0633. The second-order valence-corrected chi connectivity index (χ2v) is 6.40. The second-order valence-electron chi connectivity index (χ2n) is 5.42. The fourth-order valence-corrected chi connectivity index (χ4v) is 2.98. The van der Waals surface area contributed by atoms with Gasteiger partial charge in [-0.25, -0.2) is 0 Å². The molecule has 2 rings (SSSR count). The predicted octanol–water partition coefficient (Wildman–Crippen LogP) is 2.45. The zero-order chi connectivity index (χ0) is 17.2. The van der Waals surface area contributed by atoms with Gasteiger partial charge in [0.25, 0.3) is 5.91 Å². The predicted molar refractivity (Wildman–Crippen MR) is 101 cm³/mol. The molecule has 1 aromatic heterocycles. The second kappa shape index (κ2) is 9.72. The van der Waals surface area contributed by atoms with Crippen molar-refractivity contribution in [3.63, 3.8) is 0 Å². The van der Waals surface area contributed by atoms with Crippen molar-refractivity contribution in [2.45, 2.75) is 12.8 Å². The molecule has 0 saturated heterocycles. The lowest BCUT2D eigenvalue weighted by Crippen LogP contribution is -2.42. The summed E-state index contributed by atoms with van der Waals surface area (Å²) in [5, 5.41) is 11.5. The average molecular weight is 344 g/mol. The highest BCUT2D eigenvalue weighted by atomic mass is 32.1. The van der Waals surface area contributed by atoms with Crippen molar-refractivity contribution in [1.29, 1.82) is 0 Å². The molecule has 0 bridgehead atoms. The summed E-state index contributed by atoms with van der Waals surface area (Å²) < 4.78 is 0. The largest absolute Gasteiger partial charge is 0.356 e. The van der Waals surface area contributed by atoms with Gasteiger partial charge in [0.1, 0.15) is 0 Å². The van der Waals surface area contributed by atoms with Gasteiger partial charge in [-0.3, -0.25) is 9.79 Å². The first-order chi connectivity index (χ1) is 11.7. The van der Waals surface area contributed by atoms with Gasteiger partial charge in [-0.15, -0.1) is 11.3 Å². The summed E-state index contributed by atoms with van der Waals surface area (Å²) >= 11 is 1.77. The molecule has 24 heavy (non-hydrogen) atoms. The lowest BCUT2D eigenvalue weighted by atomic mass is 10.1. The van der Waals surface area contributed by atoms with Gasteiger partial charge < -0.3 is 16.0 Å². The summed E-state index contributed by atoms with van der Waals surface area (Å²) in [6.07, 6.45) is 0. The van der Waals surface area contributed by atoms with E-state index in [4.69, 9.17) is 0 Å². The van der Waals surface area contributed by atoms with Crippen molar-refractivity contribution in [1.82, 2.24) is 16.0 Å². The molecule has 128 valence electrons. The maximum absolute atomic E-state index is 11.9. The number of nitrogens with zero attached hydrogens (tertiary/aromatic N) is 1. The lowest BCUT2D eigenvalue weighted by molar-refractivity contribution is 0.0954. The van der Waals surface area contributed by atoms with Crippen molar-refractivity contribution >= 4 is 23.2 Å². The quantitative estimate of drug-likeness (QED) is 0.411. The van der Waals surface area contributed by atoms with Gasteiger partial charge >= 0.3 is 0 Å². The molecule has 5 nitrogen and oxygen atoms in total. The van der Waals surface area contributed by atoms with Crippen molar-refractivity contribution in [3.8, 4) is 0 Å². The van der Waals surface area contributed by atoms with E-state index in [1.54, 1.807) is 30.5 Å². The van der Waals surface area contributed by atoms with Crippen LogP contribution in [-0.2, 0) is 0 Å². The molecule has 6 heteroatoms. The smallest absolute Gasteiger partial charge is 0.251 e. The van der Waals surface area contributed by atoms with Crippen molar-refractivity contribution in [3.05, 3.63) is 58.3 Å². The lowest BCUT2D eigenvalue weighted by Gasteiger charge is -2.15. The average Bonchev–Trinajstić information content (AvgIpc) is 3.16. The molecule has 0 aliphatic heterocycles. The SMILES string of the molecule is CN=C(NCCNC(=O)c1ccccc1)NCC(C)c1cccs1. The van der Waals surface area contributed by atoms with E-state index in [0.29, 0.717) is 24.6 Å². The summed E-state index contributed by atoms with van der Waals surface area (Å²) in [4.78, 5) is 17.5. The van der Waals surface area contributed by atoms with Crippen LogP contribution in [0.25, 0.3) is 0 Å². The van der Waals surface area contributed by atoms with Crippen LogP contribution >= 0.6 is 11.3 Å². The van der Waals surface area contributed by atoms with Crippen LogP contribution in [0.5, 0.6) is 0 Å². The summed E-state index contributed by atoms with van der Waals surface area (Å²) in [7, 11) is 1.74. The third-order valence-electron chi connectivity index (χ3n) is 3.57. The van der Waals surface area contributed by atoms with Gasteiger partial charge in [0, 0.05) is 43.0 Å². The van der Waals surface area contributed by atoms with E-state index in [1.807, 2.05) is 18.2 Å². The number of benzene rings is 1. The molecule has 1 amide bonds. The molecule has 1 atom stereocenters. The van der Waals surface area contributed by atoms with E-state index in [-0.39, 0.29) is 5.91 Å². The van der Waals surface area contributed by atoms with E-state index < -0.39 is 0 Å². The molecule has 1 aromatic carbocycles. The minimum Gasteiger partial charge on any atom is -0.356 e. The van der Waals surface area contributed by atoms with Crippen LogP contribution in [-0.4, -0.2) is 38.5 Å². The number of amides is 1. The third kappa shape index (κ3) is 5.70. The Morgan fingerprint density at radius 2 is 1.83 bits per heavy atom. The van der Waals surface area contributed by atoms with E-state index in [1.165, 1.54) is 4.88 Å². The van der Waals surface area contributed by atoms with Crippen molar-refractivity contribution < 1.29 is 4.79 Å². The molecular weight excluding hydrogens is 320 g/mol. The Labute approximate surface area is 147 Å². The zero-order valence-corrected chi connectivity index (χ0v) is 14.9. The zero-order valence-electron chi connectivity index (χ0n) is 14.1. The van der Waals surface area contributed by atoms with E-state index in [0.717, 1.165) is 12.5 Å². The summed E-state index contributed by atoms with van der Waals surface area (Å²) in [5.41, 5.74) is 0.671. The summed E-state index contributed by atoms with van der Waals surface area (Å²) in [5.74, 6) is 1.11. The van der Waals surface area contributed by atoms with Crippen LogP contribution in [0.15, 0.2) is 52.8 Å². The number of aliphatic imine (C=N–C) groups is 1. The molecule has 2 aromatic rings. The molecule has 0 saturated carbocycles. The minimum absolute atomic E-state index is 0.0633. The number of guanidine groups is 1. The molecule has 0 aliphatic rings. The van der Waals surface area contributed by atoms with Crippen LogP contribution in [0.2, 0.25) is 0 Å². The Bertz CT molecular complexity index is 640. The fraction of sp³-hybridized carbons (Fsp3) is 0.333. The normalized spacial score (nSPS) is 12.5. The fourth-order valence-electron chi connectivity index (χ4n) is 2.19. The van der Waals surface area contributed by atoms with Gasteiger partial charge in [0.2, 0.25) is 0 Å². The Hall–Kier alpha value is -2.34. The van der Waals surface area contributed by atoms with Crippen molar-refractivity contribution in [2.24, 2.45) is 4.99 Å². The molecule has 1 unspecified atom stereocenters. The highest BCUT2D eigenvalue weighted by Gasteiger charge is 2.07. The number of carbonyl (C=O) groups is 1. The topological polar surface area (TPSA) is 65.5 Å². The first kappa shape index (κ1) is 18.0. The third-order valence-corrected chi connectivity index (χ3v) is 4.67. The Balaban J connectivity index is 1.66. The number of nitrogens with one attached hydrogen (secondary N) is 3.